The van der Waals surface area contributed by atoms with Gasteiger partial charge in [0.2, 0.25) is 0 Å². The molecule has 0 heterocycles. The highest BCUT2D eigenvalue weighted by Gasteiger charge is 2.26. The van der Waals surface area contributed by atoms with Gasteiger partial charge in [0.1, 0.15) is 0 Å². The van der Waals surface area contributed by atoms with Crippen LogP contribution in [0.5, 0.6) is 0 Å². The second kappa shape index (κ2) is 8.71. The molecule has 0 fully saturated rings. The van der Waals surface area contributed by atoms with Crippen molar-refractivity contribution in [2.75, 3.05) is 7.11 Å². The quantitative estimate of drug-likeness (QED) is 0.370. The minimum Gasteiger partial charge on any atom is -0.466 e. The maximum absolute atomic E-state index is 11.1. The van der Waals surface area contributed by atoms with E-state index >= 15 is 0 Å². The zero-order chi connectivity index (χ0) is 17.5. The van der Waals surface area contributed by atoms with Gasteiger partial charge in [0.15, 0.2) is 0 Å². The van der Waals surface area contributed by atoms with Crippen LogP contribution < -0.4 is 0 Å². The van der Waals surface area contributed by atoms with Crippen LogP contribution in [0.25, 0.3) is 0 Å². The number of carbonyl (C=O) groups excluding carboxylic acids is 1. The van der Waals surface area contributed by atoms with Gasteiger partial charge in [0.05, 0.1) is 7.11 Å². The highest BCUT2D eigenvalue weighted by Crippen LogP contribution is 2.40. The average Bonchev–Trinajstić information content (AvgIpc) is 2.45. The van der Waals surface area contributed by atoms with Crippen LogP contribution in [0.3, 0.4) is 0 Å². The van der Waals surface area contributed by atoms with E-state index in [2.05, 4.69) is 50.7 Å². The molecule has 126 valence electrons. The fourth-order valence-electron chi connectivity index (χ4n) is 2.93. The highest BCUT2D eigenvalue weighted by atomic mass is 16.5. The summed E-state index contributed by atoms with van der Waals surface area (Å²) in [5.74, 6) is -0.324. The third-order valence-electron chi connectivity index (χ3n) is 4.32. The zero-order valence-electron chi connectivity index (χ0n) is 15.4. The molecule has 0 amide bonds. The predicted molar refractivity (Wildman–Crippen MR) is 98.1 cm³/mol. The van der Waals surface area contributed by atoms with Gasteiger partial charge in [-0.1, -0.05) is 55.4 Å². The number of carbonyl (C=O) groups is 1. The summed E-state index contributed by atoms with van der Waals surface area (Å²) in [4.78, 5) is 11.1. The molecule has 1 rings (SSSR count). The fourth-order valence-corrected chi connectivity index (χ4v) is 2.93. The Hall–Kier alpha value is -1.83. The van der Waals surface area contributed by atoms with E-state index in [1.807, 2.05) is 19.1 Å². The molecule has 0 atom stereocenters. The molecule has 1 aliphatic rings. The molecule has 2 heteroatoms. The monoisotopic (exact) mass is 314 g/mol. The molecule has 0 bridgehead atoms. The van der Waals surface area contributed by atoms with E-state index in [1.165, 1.54) is 49.2 Å². The summed E-state index contributed by atoms with van der Waals surface area (Å²) in [5, 5.41) is 0. The topological polar surface area (TPSA) is 26.3 Å². The second-order valence-corrected chi connectivity index (χ2v) is 6.95. The number of rotatable bonds is 5. The van der Waals surface area contributed by atoms with Gasteiger partial charge in [0.25, 0.3) is 0 Å². The first-order valence-corrected chi connectivity index (χ1v) is 8.26. The van der Waals surface area contributed by atoms with Crippen LogP contribution in [0, 0.1) is 5.41 Å². The third kappa shape index (κ3) is 6.43. The Morgan fingerprint density at radius 3 is 2.48 bits per heavy atom. The minimum absolute atomic E-state index is 0.273. The van der Waals surface area contributed by atoms with Crippen molar-refractivity contribution >= 4 is 5.97 Å². The SMILES string of the molecule is COC(=O)C=C(C)C=CC=C(C)/C=C/C1=C(C)CCCC1(C)C. The van der Waals surface area contributed by atoms with Gasteiger partial charge in [-0.05, 0) is 56.6 Å². The van der Waals surface area contributed by atoms with E-state index in [9.17, 15) is 4.79 Å². The standard InChI is InChI=1S/C21H30O2/c1-16(9-7-10-17(2)15-20(22)23-6)12-13-19-18(3)11-8-14-21(19,4)5/h7,9-10,12-13,15H,8,11,14H2,1-6H3/b10-7?,13-12+,16-9?,17-15?. The molecule has 0 spiro atoms. The van der Waals surface area contributed by atoms with Gasteiger partial charge in [-0.2, -0.15) is 0 Å². The molecule has 0 aromatic heterocycles. The Morgan fingerprint density at radius 2 is 1.87 bits per heavy atom. The van der Waals surface area contributed by atoms with Crippen LogP contribution in [0.4, 0.5) is 0 Å². The van der Waals surface area contributed by atoms with E-state index in [0.717, 1.165) is 5.57 Å². The number of allylic oxidation sites excluding steroid dienone is 9. The van der Waals surface area contributed by atoms with Crippen molar-refractivity contribution < 1.29 is 9.53 Å². The van der Waals surface area contributed by atoms with E-state index in [1.54, 1.807) is 0 Å². The molecule has 2 nitrogen and oxygen atoms in total. The Balaban J connectivity index is 2.77. The van der Waals surface area contributed by atoms with Crippen LogP contribution in [-0.4, -0.2) is 13.1 Å². The molecule has 0 radical (unpaired) electrons. The largest absolute Gasteiger partial charge is 0.466 e. The maximum Gasteiger partial charge on any atom is 0.330 e. The molecular weight excluding hydrogens is 284 g/mol. The summed E-state index contributed by atoms with van der Waals surface area (Å²) in [7, 11) is 1.38. The van der Waals surface area contributed by atoms with Crippen molar-refractivity contribution in [3.8, 4) is 0 Å². The molecule has 0 aromatic rings. The normalized spacial score (nSPS) is 19.7. The molecule has 0 saturated carbocycles. The summed E-state index contributed by atoms with van der Waals surface area (Å²) in [6.07, 6.45) is 15.6. The number of methoxy groups -OCH3 is 1. The molecule has 0 N–H and O–H groups in total. The first-order valence-electron chi connectivity index (χ1n) is 8.26. The van der Waals surface area contributed by atoms with Crippen molar-refractivity contribution in [3.63, 3.8) is 0 Å². The smallest absolute Gasteiger partial charge is 0.330 e. The minimum atomic E-state index is -0.324. The first kappa shape index (κ1) is 19.2. The van der Waals surface area contributed by atoms with Crippen LogP contribution in [0.15, 0.2) is 58.7 Å². The molecule has 23 heavy (non-hydrogen) atoms. The van der Waals surface area contributed by atoms with Crippen molar-refractivity contribution in [1.29, 1.82) is 0 Å². The van der Waals surface area contributed by atoms with Gasteiger partial charge in [0, 0.05) is 6.08 Å². The zero-order valence-corrected chi connectivity index (χ0v) is 15.4. The molecule has 0 aromatic carbocycles. The highest BCUT2D eigenvalue weighted by molar-refractivity contribution is 5.83. The Labute approximate surface area is 141 Å². The molecule has 1 aliphatic carbocycles. The third-order valence-corrected chi connectivity index (χ3v) is 4.32. The van der Waals surface area contributed by atoms with Gasteiger partial charge in [-0.25, -0.2) is 4.79 Å². The van der Waals surface area contributed by atoms with E-state index in [-0.39, 0.29) is 11.4 Å². The lowest BCUT2D eigenvalue weighted by Crippen LogP contribution is -2.19. The van der Waals surface area contributed by atoms with E-state index in [0.29, 0.717) is 0 Å². The summed E-state index contributed by atoms with van der Waals surface area (Å²) in [6, 6.07) is 0. The molecule has 0 unspecified atom stereocenters. The van der Waals surface area contributed by atoms with Gasteiger partial charge < -0.3 is 4.74 Å². The molecular formula is C21H30O2. The van der Waals surface area contributed by atoms with Gasteiger partial charge in [-0.15, -0.1) is 0 Å². The van der Waals surface area contributed by atoms with Crippen LogP contribution in [0.1, 0.15) is 53.9 Å². The lowest BCUT2D eigenvalue weighted by molar-refractivity contribution is -0.134. The number of ether oxygens (including phenoxy) is 1. The van der Waals surface area contributed by atoms with Crippen molar-refractivity contribution in [2.45, 2.75) is 53.9 Å². The summed E-state index contributed by atoms with van der Waals surface area (Å²) < 4.78 is 4.60. The van der Waals surface area contributed by atoms with Crippen LogP contribution in [0.2, 0.25) is 0 Å². The van der Waals surface area contributed by atoms with Gasteiger partial charge in [-0.3, -0.25) is 0 Å². The Kier molecular flexibility index (Phi) is 7.28. The second-order valence-electron chi connectivity index (χ2n) is 6.95. The molecule has 0 saturated heterocycles. The maximum atomic E-state index is 11.1. The Morgan fingerprint density at radius 1 is 1.17 bits per heavy atom. The number of hydrogen-bond acceptors (Lipinski definition) is 2. The average molecular weight is 314 g/mol. The van der Waals surface area contributed by atoms with Crippen molar-refractivity contribution in [3.05, 3.63) is 58.7 Å². The van der Waals surface area contributed by atoms with E-state index < -0.39 is 0 Å². The van der Waals surface area contributed by atoms with E-state index in [4.69, 9.17) is 0 Å². The van der Waals surface area contributed by atoms with Gasteiger partial charge >= 0.3 is 5.97 Å². The van der Waals surface area contributed by atoms with Crippen molar-refractivity contribution in [2.24, 2.45) is 5.41 Å². The van der Waals surface area contributed by atoms with Crippen LogP contribution in [-0.2, 0) is 9.53 Å². The molecule has 0 aliphatic heterocycles. The summed E-state index contributed by atoms with van der Waals surface area (Å²) in [5.41, 5.74) is 5.32. The lowest BCUT2D eigenvalue weighted by Gasteiger charge is -2.32. The summed E-state index contributed by atoms with van der Waals surface area (Å²) >= 11 is 0. The lowest BCUT2D eigenvalue weighted by atomic mass is 9.72. The fraction of sp³-hybridized carbons (Fsp3) is 0.476. The number of hydrogen-bond donors (Lipinski definition) is 0. The predicted octanol–water partition coefficient (Wildman–Crippen LogP) is 5.69. The van der Waals surface area contributed by atoms with Crippen molar-refractivity contribution in [1.82, 2.24) is 0 Å². The summed E-state index contributed by atoms with van der Waals surface area (Å²) in [6.45, 7) is 10.9. The Bertz CT molecular complexity index is 581. The number of esters is 1. The first-order chi connectivity index (χ1) is 10.8. The van der Waals surface area contributed by atoms with Crippen LogP contribution >= 0.6 is 0 Å².